The van der Waals surface area contributed by atoms with E-state index in [4.69, 9.17) is 14.4 Å². The molecule has 0 spiro atoms. The number of furan rings is 1. The van der Waals surface area contributed by atoms with Crippen molar-refractivity contribution in [3.63, 3.8) is 0 Å². The van der Waals surface area contributed by atoms with Gasteiger partial charge in [0.2, 0.25) is 0 Å². The number of nitrogens with zero attached hydrogens (tertiary/aromatic N) is 2. The van der Waals surface area contributed by atoms with Crippen molar-refractivity contribution in [2.75, 3.05) is 0 Å². The molecule has 1 aliphatic heterocycles. The zero-order valence-corrected chi connectivity index (χ0v) is 27.8. The van der Waals surface area contributed by atoms with E-state index < -0.39 is 0 Å². The molecule has 238 valence electrons. The number of aliphatic imine (C=N–C) groups is 2. The molecule has 3 heteroatoms. The van der Waals surface area contributed by atoms with Crippen LogP contribution in [0.1, 0.15) is 36.5 Å². The van der Waals surface area contributed by atoms with E-state index in [1.165, 1.54) is 38.6 Å². The van der Waals surface area contributed by atoms with E-state index in [1.54, 1.807) is 0 Å². The van der Waals surface area contributed by atoms with E-state index in [1.807, 2.05) is 18.2 Å². The summed E-state index contributed by atoms with van der Waals surface area (Å²) >= 11 is 0. The van der Waals surface area contributed by atoms with Crippen LogP contribution < -0.4 is 0 Å². The third-order valence-electron chi connectivity index (χ3n) is 9.80. The second kappa shape index (κ2) is 12.6. The highest BCUT2D eigenvalue weighted by atomic mass is 16.3. The molecule has 0 radical (unpaired) electrons. The third-order valence-corrected chi connectivity index (χ3v) is 9.80. The van der Waals surface area contributed by atoms with Gasteiger partial charge in [0, 0.05) is 21.9 Å². The molecule has 50 heavy (non-hydrogen) atoms. The molecule has 1 aliphatic rings. The maximum atomic E-state index is 6.31. The maximum absolute atomic E-state index is 6.31. The average molecular weight is 643 g/mol. The minimum atomic E-state index is 0.683. The fraction of sp³-hybridized carbons (Fsp3) is 0.0638. The topological polar surface area (TPSA) is 37.9 Å². The van der Waals surface area contributed by atoms with Gasteiger partial charge < -0.3 is 4.42 Å². The van der Waals surface area contributed by atoms with Gasteiger partial charge in [0.1, 0.15) is 11.2 Å². The molecule has 0 aliphatic carbocycles. The second-order valence-corrected chi connectivity index (χ2v) is 13.0. The van der Waals surface area contributed by atoms with Crippen molar-refractivity contribution in [3.05, 3.63) is 186 Å². The van der Waals surface area contributed by atoms with Gasteiger partial charge in [-0.3, -0.25) is 0 Å². The molecule has 0 saturated carbocycles. The molecule has 0 amide bonds. The highest BCUT2D eigenvalue weighted by Crippen LogP contribution is 2.33. The van der Waals surface area contributed by atoms with Crippen molar-refractivity contribution in [2.24, 2.45) is 9.98 Å². The van der Waals surface area contributed by atoms with Crippen molar-refractivity contribution < 1.29 is 4.42 Å². The fourth-order valence-electron chi connectivity index (χ4n) is 7.02. The number of benzene rings is 7. The Morgan fingerprint density at radius 3 is 1.84 bits per heavy atom. The monoisotopic (exact) mass is 642 g/mol. The Bertz CT molecular complexity index is 2620. The molecule has 0 fully saturated rings. The number of allylic oxidation sites excluding steroid dienone is 1. The summed E-state index contributed by atoms with van der Waals surface area (Å²) in [5.74, 6) is 0.683. The zero-order chi connectivity index (χ0) is 33.4. The lowest BCUT2D eigenvalue weighted by atomic mass is 9.95. The summed E-state index contributed by atoms with van der Waals surface area (Å²) in [7, 11) is 0. The van der Waals surface area contributed by atoms with E-state index in [-0.39, 0.29) is 0 Å². The van der Waals surface area contributed by atoms with Gasteiger partial charge >= 0.3 is 0 Å². The summed E-state index contributed by atoms with van der Waals surface area (Å²) in [4.78, 5) is 10.7. The number of hydrogen-bond donors (Lipinski definition) is 0. The van der Waals surface area contributed by atoms with Gasteiger partial charge in [0.15, 0.2) is 5.84 Å². The van der Waals surface area contributed by atoms with Gasteiger partial charge in [-0.1, -0.05) is 140 Å². The van der Waals surface area contributed by atoms with E-state index in [9.17, 15) is 0 Å². The van der Waals surface area contributed by atoms with E-state index in [0.717, 1.165) is 62.9 Å². The number of hydrogen-bond acceptors (Lipinski definition) is 3. The predicted molar refractivity (Wildman–Crippen MR) is 210 cm³/mol. The Kier molecular flexibility index (Phi) is 7.51. The molecule has 2 heterocycles. The fourth-order valence-corrected chi connectivity index (χ4v) is 7.02. The zero-order valence-electron chi connectivity index (χ0n) is 27.8. The van der Waals surface area contributed by atoms with Crippen molar-refractivity contribution in [1.29, 1.82) is 0 Å². The normalized spacial score (nSPS) is 17.2. The lowest BCUT2D eigenvalue weighted by Crippen LogP contribution is -2.10. The van der Waals surface area contributed by atoms with Crippen molar-refractivity contribution in [2.45, 2.75) is 19.8 Å². The van der Waals surface area contributed by atoms with Crippen LogP contribution in [0.3, 0.4) is 0 Å². The molecule has 9 rings (SSSR count). The van der Waals surface area contributed by atoms with Crippen LogP contribution in [-0.2, 0) is 0 Å². The highest BCUT2D eigenvalue weighted by Gasteiger charge is 2.18. The summed E-state index contributed by atoms with van der Waals surface area (Å²) in [6, 6.07) is 57.7. The second-order valence-electron chi connectivity index (χ2n) is 13.0. The highest BCUT2D eigenvalue weighted by molar-refractivity contribution is 6.16. The first-order chi connectivity index (χ1) is 24.7. The minimum Gasteiger partial charge on any atom is -0.456 e. The first kappa shape index (κ1) is 29.8. The first-order valence-electron chi connectivity index (χ1n) is 17.2. The molecule has 3 nitrogen and oxygen atoms in total. The summed E-state index contributed by atoms with van der Waals surface area (Å²) in [6.07, 6.45) is 1.67. The van der Waals surface area contributed by atoms with Gasteiger partial charge in [0.25, 0.3) is 0 Å². The summed E-state index contributed by atoms with van der Waals surface area (Å²) in [5, 5.41) is 4.69. The number of para-hydroxylation sites is 1. The van der Waals surface area contributed by atoms with Crippen molar-refractivity contribution in [1.82, 2.24) is 0 Å². The summed E-state index contributed by atoms with van der Waals surface area (Å²) < 4.78 is 6.31. The molecular formula is C47H34N2O. The minimum absolute atomic E-state index is 0.683. The number of rotatable bonds is 5. The smallest absolute Gasteiger partial charge is 0.160 e. The molecule has 0 atom stereocenters. The van der Waals surface area contributed by atoms with Crippen molar-refractivity contribution >= 4 is 50.0 Å². The molecule has 0 saturated heterocycles. The Hall–Kier alpha value is -6.32. The van der Waals surface area contributed by atoms with Gasteiger partial charge in [-0.2, -0.15) is 0 Å². The predicted octanol–water partition coefficient (Wildman–Crippen LogP) is 12.5. The number of amidine groups is 1. The van der Waals surface area contributed by atoms with Crippen LogP contribution in [-0.4, -0.2) is 11.5 Å². The van der Waals surface area contributed by atoms with Crippen LogP contribution in [0.15, 0.2) is 184 Å². The van der Waals surface area contributed by atoms with E-state index in [0.29, 0.717) is 5.84 Å². The van der Waals surface area contributed by atoms with Crippen LogP contribution in [0.5, 0.6) is 0 Å². The van der Waals surface area contributed by atoms with Crippen molar-refractivity contribution in [3.8, 4) is 22.3 Å². The van der Waals surface area contributed by atoms with Gasteiger partial charge in [-0.25, -0.2) is 9.98 Å². The third kappa shape index (κ3) is 5.63. The Morgan fingerprint density at radius 1 is 0.420 bits per heavy atom. The SMILES string of the molecule is C\C1=C(c2ccc(-c3ccc4ccccc4c3)cc2)/N=C(c2ccc3c(c2)oc2ccccc23)\N=C(\c2ccc(-c3ccccc3)cc2)CC1. The molecule has 0 unspecified atom stereocenters. The molecular weight excluding hydrogens is 609 g/mol. The van der Waals surface area contributed by atoms with Gasteiger partial charge in [0.05, 0.1) is 11.4 Å². The standard InChI is InChI=1S/C47H34N2O/c1-31-15-28-43(36-21-16-34(17-22-36)32-9-3-2-4-10-32)48-47(40-26-27-42-41-13-7-8-14-44(41)50-45(42)30-40)49-46(31)37-23-18-35(19-24-37)39-25-20-33-11-5-6-12-38(33)29-39/h2-14,16-27,29-30H,15,28H2,1H3/b46-31+,48-43+,49-47-. The van der Waals surface area contributed by atoms with E-state index in [2.05, 4.69) is 153 Å². The average Bonchev–Trinajstić information content (AvgIpc) is 3.55. The number of fused-ring (bicyclic) bond motifs is 4. The van der Waals surface area contributed by atoms with Crippen LogP contribution in [0.4, 0.5) is 0 Å². The van der Waals surface area contributed by atoms with Crippen LogP contribution in [0, 0.1) is 0 Å². The Morgan fingerprint density at radius 2 is 1.02 bits per heavy atom. The van der Waals surface area contributed by atoms with Crippen LogP contribution >= 0.6 is 0 Å². The van der Waals surface area contributed by atoms with E-state index >= 15 is 0 Å². The summed E-state index contributed by atoms with van der Waals surface area (Å²) in [5.41, 5.74) is 12.8. The van der Waals surface area contributed by atoms with Gasteiger partial charge in [-0.15, -0.1) is 0 Å². The lowest BCUT2D eigenvalue weighted by Gasteiger charge is -2.17. The lowest BCUT2D eigenvalue weighted by molar-refractivity contribution is 0.669. The largest absolute Gasteiger partial charge is 0.456 e. The first-order valence-corrected chi connectivity index (χ1v) is 17.2. The quantitative estimate of drug-likeness (QED) is 0.184. The molecule has 7 aromatic carbocycles. The Balaban J connectivity index is 1.13. The molecule has 0 N–H and O–H groups in total. The Labute approximate surface area is 291 Å². The molecule has 0 bridgehead atoms. The van der Waals surface area contributed by atoms with Gasteiger partial charge in [-0.05, 0) is 88.2 Å². The molecule has 1 aromatic heterocycles. The van der Waals surface area contributed by atoms with Crippen LogP contribution in [0.25, 0.3) is 60.7 Å². The van der Waals surface area contributed by atoms with Crippen LogP contribution in [0.2, 0.25) is 0 Å². The molecule has 8 aromatic rings. The summed E-state index contributed by atoms with van der Waals surface area (Å²) in [6.45, 7) is 2.21. The maximum Gasteiger partial charge on any atom is 0.160 e.